The van der Waals surface area contributed by atoms with Crippen molar-refractivity contribution in [2.24, 2.45) is 0 Å². The average molecular weight is 350 g/mol. The van der Waals surface area contributed by atoms with E-state index in [2.05, 4.69) is 57.4 Å². The molecule has 0 spiro atoms. The van der Waals surface area contributed by atoms with E-state index in [4.69, 9.17) is 4.52 Å². The number of rotatable bonds is 2. The Bertz CT molecular complexity index is 607. The van der Waals surface area contributed by atoms with Gasteiger partial charge in [-0.05, 0) is 56.5 Å². The van der Waals surface area contributed by atoms with Gasteiger partial charge in [0, 0.05) is 10.0 Å². The summed E-state index contributed by atoms with van der Waals surface area (Å²) in [4.78, 5) is 4.60. The Labute approximate surface area is 133 Å². The third-order valence-electron chi connectivity index (χ3n) is 3.99. The minimum atomic E-state index is 0.200. The van der Waals surface area contributed by atoms with Crippen LogP contribution in [0.4, 0.5) is 0 Å². The molecule has 1 unspecified atom stereocenters. The summed E-state index contributed by atoms with van der Waals surface area (Å²) in [5, 5.41) is 7.65. The molecule has 0 aliphatic carbocycles. The molecule has 21 heavy (non-hydrogen) atoms. The van der Waals surface area contributed by atoms with Crippen LogP contribution in [0.3, 0.4) is 0 Å². The molecule has 0 bridgehead atoms. The van der Waals surface area contributed by atoms with E-state index < -0.39 is 0 Å². The second-order valence-electron chi connectivity index (χ2n) is 5.74. The standard InChI is InChI=1S/C16H20BrN3O/c1-10-8-12(9-11(2)14(10)17)15-19-16(21-20-15)13-6-4-3-5-7-18-13/h8-9,13,18H,3-7H2,1-2H3. The molecule has 1 aromatic heterocycles. The van der Waals surface area contributed by atoms with Crippen LogP contribution in [0.1, 0.15) is 48.7 Å². The summed E-state index contributed by atoms with van der Waals surface area (Å²) < 4.78 is 6.63. The topological polar surface area (TPSA) is 51.0 Å². The Kier molecular flexibility index (Phi) is 4.40. The van der Waals surface area contributed by atoms with Gasteiger partial charge in [0.1, 0.15) is 0 Å². The molecule has 1 aliphatic heterocycles. The van der Waals surface area contributed by atoms with Crippen molar-refractivity contribution >= 4 is 15.9 Å². The summed E-state index contributed by atoms with van der Waals surface area (Å²) >= 11 is 3.59. The number of hydrogen-bond acceptors (Lipinski definition) is 4. The third kappa shape index (κ3) is 3.19. The summed E-state index contributed by atoms with van der Waals surface area (Å²) in [6, 6.07) is 4.38. The lowest BCUT2D eigenvalue weighted by molar-refractivity contribution is 0.327. The number of hydrogen-bond donors (Lipinski definition) is 1. The summed E-state index contributed by atoms with van der Waals surface area (Å²) in [6.07, 6.45) is 4.78. The molecule has 0 radical (unpaired) electrons. The summed E-state index contributed by atoms with van der Waals surface area (Å²) in [5.74, 6) is 1.39. The maximum absolute atomic E-state index is 5.49. The fraction of sp³-hybridized carbons (Fsp3) is 0.500. The molecule has 4 nitrogen and oxygen atoms in total. The van der Waals surface area contributed by atoms with Crippen molar-refractivity contribution in [3.05, 3.63) is 33.6 Å². The van der Waals surface area contributed by atoms with E-state index in [1.807, 2.05) is 0 Å². The van der Waals surface area contributed by atoms with E-state index in [1.165, 1.54) is 30.4 Å². The van der Waals surface area contributed by atoms with Gasteiger partial charge < -0.3 is 9.84 Å². The lowest BCUT2D eigenvalue weighted by atomic mass is 10.1. The monoisotopic (exact) mass is 349 g/mol. The molecule has 1 aliphatic rings. The van der Waals surface area contributed by atoms with Crippen molar-refractivity contribution in [3.63, 3.8) is 0 Å². The van der Waals surface area contributed by atoms with Crippen LogP contribution in [0.5, 0.6) is 0 Å². The van der Waals surface area contributed by atoms with Gasteiger partial charge in [-0.3, -0.25) is 0 Å². The molecule has 2 aromatic rings. The van der Waals surface area contributed by atoms with E-state index >= 15 is 0 Å². The van der Waals surface area contributed by atoms with Crippen molar-refractivity contribution in [2.45, 2.75) is 45.6 Å². The molecular weight excluding hydrogens is 330 g/mol. The number of aromatic nitrogens is 2. The lowest BCUT2D eigenvalue weighted by Gasteiger charge is -2.09. The molecular formula is C16H20BrN3O. The Morgan fingerprint density at radius 3 is 2.71 bits per heavy atom. The van der Waals surface area contributed by atoms with Crippen molar-refractivity contribution in [1.82, 2.24) is 15.5 Å². The molecule has 3 rings (SSSR count). The molecule has 1 aromatic carbocycles. The maximum atomic E-state index is 5.49. The fourth-order valence-electron chi connectivity index (χ4n) is 2.81. The highest BCUT2D eigenvalue weighted by molar-refractivity contribution is 9.10. The van der Waals surface area contributed by atoms with Gasteiger partial charge in [0.15, 0.2) is 0 Å². The molecule has 1 atom stereocenters. The molecule has 1 fully saturated rings. The summed E-state index contributed by atoms with van der Waals surface area (Å²) in [5.41, 5.74) is 3.38. The predicted molar refractivity (Wildman–Crippen MR) is 86.1 cm³/mol. The van der Waals surface area contributed by atoms with Gasteiger partial charge in [-0.1, -0.05) is 33.9 Å². The molecule has 0 saturated carbocycles. The van der Waals surface area contributed by atoms with Crippen LogP contribution in [0.2, 0.25) is 0 Å². The largest absolute Gasteiger partial charge is 0.337 e. The fourth-order valence-corrected chi connectivity index (χ4v) is 3.04. The van der Waals surface area contributed by atoms with Crippen LogP contribution in [0, 0.1) is 13.8 Å². The zero-order valence-corrected chi connectivity index (χ0v) is 14.0. The van der Waals surface area contributed by atoms with Gasteiger partial charge >= 0.3 is 0 Å². The van der Waals surface area contributed by atoms with Crippen molar-refractivity contribution in [2.75, 3.05) is 6.54 Å². The SMILES string of the molecule is Cc1cc(-c2noc(C3CCCCCN3)n2)cc(C)c1Br. The zero-order chi connectivity index (χ0) is 14.8. The van der Waals surface area contributed by atoms with Crippen molar-refractivity contribution in [1.29, 1.82) is 0 Å². The molecule has 112 valence electrons. The molecule has 5 heteroatoms. The van der Waals surface area contributed by atoms with Crippen LogP contribution in [0.15, 0.2) is 21.1 Å². The molecule has 2 heterocycles. The van der Waals surface area contributed by atoms with Crippen LogP contribution in [-0.4, -0.2) is 16.7 Å². The zero-order valence-electron chi connectivity index (χ0n) is 12.4. The quantitative estimate of drug-likeness (QED) is 0.876. The Morgan fingerprint density at radius 1 is 1.19 bits per heavy atom. The highest BCUT2D eigenvalue weighted by Crippen LogP contribution is 2.28. The van der Waals surface area contributed by atoms with Crippen LogP contribution in [-0.2, 0) is 0 Å². The first-order valence-corrected chi connectivity index (χ1v) is 8.28. The molecule has 0 amide bonds. The number of halogens is 1. The predicted octanol–water partition coefficient (Wildman–Crippen LogP) is 4.32. The van der Waals surface area contributed by atoms with Gasteiger partial charge in [-0.25, -0.2) is 0 Å². The third-order valence-corrected chi connectivity index (χ3v) is 5.25. The summed E-state index contributed by atoms with van der Waals surface area (Å²) in [6.45, 7) is 5.18. The van der Waals surface area contributed by atoms with Crippen LogP contribution >= 0.6 is 15.9 Å². The number of benzene rings is 1. The van der Waals surface area contributed by atoms with Crippen molar-refractivity contribution < 1.29 is 4.52 Å². The second kappa shape index (κ2) is 6.28. The van der Waals surface area contributed by atoms with Gasteiger partial charge in [0.2, 0.25) is 11.7 Å². The normalized spacial score (nSPS) is 19.5. The highest BCUT2D eigenvalue weighted by atomic mass is 79.9. The number of nitrogens with zero attached hydrogens (tertiary/aromatic N) is 2. The number of nitrogens with one attached hydrogen (secondary N) is 1. The summed E-state index contributed by atoms with van der Waals surface area (Å²) in [7, 11) is 0. The maximum Gasteiger partial charge on any atom is 0.244 e. The van der Waals surface area contributed by atoms with E-state index in [0.29, 0.717) is 11.7 Å². The first kappa shape index (κ1) is 14.7. The Morgan fingerprint density at radius 2 is 1.95 bits per heavy atom. The van der Waals surface area contributed by atoms with Gasteiger partial charge in [0.05, 0.1) is 6.04 Å². The van der Waals surface area contributed by atoms with Gasteiger partial charge in [-0.15, -0.1) is 0 Å². The van der Waals surface area contributed by atoms with Crippen LogP contribution in [0.25, 0.3) is 11.4 Å². The minimum Gasteiger partial charge on any atom is -0.337 e. The van der Waals surface area contributed by atoms with Gasteiger partial charge in [-0.2, -0.15) is 4.98 Å². The van der Waals surface area contributed by atoms with E-state index in [9.17, 15) is 0 Å². The van der Waals surface area contributed by atoms with E-state index in [-0.39, 0.29) is 6.04 Å². The minimum absolute atomic E-state index is 0.200. The Hall–Kier alpha value is -1.20. The van der Waals surface area contributed by atoms with Gasteiger partial charge in [0.25, 0.3) is 0 Å². The van der Waals surface area contributed by atoms with Crippen molar-refractivity contribution in [3.8, 4) is 11.4 Å². The van der Waals surface area contributed by atoms with E-state index in [0.717, 1.165) is 23.0 Å². The highest BCUT2D eigenvalue weighted by Gasteiger charge is 2.20. The molecule has 1 N–H and O–H groups in total. The molecule has 1 saturated heterocycles. The van der Waals surface area contributed by atoms with Crippen LogP contribution < -0.4 is 5.32 Å². The van der Waals surface area contributed by atoms with E-state index in [1.54, 1.807) is 0 Å². The average Bonchev–Trinajstić information content (AvgIpc) is 2.80. The lowest BCUT2D eigenvalue weighted by Crippen LogP contribution is -2.20. The smallest absolute Gasteiger partial charge is 0.244 e. The second-order valence-corrected chi connectivity index (χ2v) is 6.53. The number of aryl methyl sites for hydroxylation is 2. The first-order valence-electron chi connectivity index (χ1n) is 7.49. The first-order chi connectivity index (χ1) is 10.1. The Balaban J connectivity index is 1.87.